The Morgan fingerprint density at radius 3 is 2.84 bits per heavy atom. The van der Waals surface area contributed by atoms with E-state index in [-0.39, 0.29) is 22.9 Å². The minimum absolute atomic E-state index is 0.158. The Balaban J connectivity index is 2.36. The number of imidazole rings is 1. The summed E-state index contributed by atoms with van der Waals surface area (Å²) in [7, 11) is 1.52. The Kier molecular flexibility index (Phi) is 3.42. The summed E-state index contributed by atoms with van der Waals surface area (Å²) in [5.74, 6) is -0.207. The molecule has 1 heterocycles. The van der Waals surface area contributed by atoms with Gasteiger partial charge in [-0.05, 0) is 6.07 Å². The minimum atomic E-state index is -0.546. The van der Waals surface area contributed by atoms with Crippen LogP contribution >= 0.6 is 0 Å². The lowest BCUT2D eigenvalue weighted by Gasteiger charge is -2.08. The zero-order chi connectivity index (χ0) is 13.8. The maximum absolute atomic E-state index is 12.0. The summed E-state index contributed by atoms with van der Waals surface area (Å²) < 4.78 is 0. The number of benzene rings is 1. The third-order valence-corrected chi connectivity index (χ3v) is 2.46. The fourth-order valence-electron chi connectivity index (χ4n) is 1.65. The second-order valence-corrected chi connectivity index (χ2v) is 3.60. The van der Waals surface area contributed by atoms with Crippen LogP contribution in [0.3, 0.4) is 0 Å². The van der Waals surface area contributed by atoms with Crippen LogP contribution in [0.2, 0.25) is 0 Å². The van der Waals surface area contributed by atoms with Gasteiger partial charge in [0.25, 0.3) is 11.6 Å². The van der Waals surface area contributed by atoms with Crippen LogP contribution in [-0.2, 0) is 0 Å². The third-order valence-electron chi connectivity index (χ3n) is 2.46. The van der Waals surface area contributed by atoms with Crippen molar-refractivity contribution in [2.45, 2.75) is 0 Å². The molecule has 0 unspecified atom stereocenters. The highest BCUT2D eigenvalue weighted by Gasteiger charge is 2.20. The molecule has 1 aromatic carbocycles. The van der Waals surface area contributed by atoms with Crippen LogP contribution in [0, 0.1) is 10.1 Å². The maximum Gasteiger partial charge on any atom is 0.293 e. The van der Waals surface area contributed by atoms with E-state index in [1.165, 1.54) is 31.4 Å². The van der Waals surface area contributed by atoms with Gasteiger partial charge >= 0.3 is 0 Å². The molecular formula is C11H11N5O3. The predicted molar refractivity (Wildman–Crippen MR) is 69.2 cm³/mol. The van der Waals surface area contributed by atoms with Gasteiger partial charge in [-0.3, -0.25) is 20.2 Å². The second-order valence-electron chi connectivity index (χ2n) is 3.60. The number of nitro groups is 1. The van der Waals surface area contributed by atoms with Crippen LogP contribution in [0.25, 0.3) is 0 Å². The van der Waals surface area contributed by atoms with Crippen molar-refractivity contribution in [1.29, 1.82) is 0 Å². The molecular weight excluding hydrogens is 250 g/mol. The lowest BCUT2D eigenvalue weighted by atomic mass is 10.1. The van der Waals surface area contributed by atoms with Gasteiger partial charge in [-0.25, -0.2) is 4.98 Å². The number of nitrogens with one attached hydrogen (secondary N) is 3. The van der Waals surface area contributed by atoms with E-state index in [1.807, 2.05) is 0 Å². The molecule has 0 spiro atoms. The van der Waals surface area contributed by atoms with Gasteiger partial charge in [-0.1, -0.05) is 6.07 Å². The highest BCUT2D eigenvalue weighted by molar-refractivity contribution is 6.08. The van der Waals surface area contributed by atoms with E-state index in [9.17, 15) is 14.9 Å². The van der Waals surface area contributed by atoms with Crippen LogP contribution in [0.5, 0.6) is 0 Å². The topological polar surface area (TPSA) is 113 Å². The summed E-state index contributed by atoms with van der Waals surface area (Å²) in [6, 6.07) is 4.28. The van der Waals surface area contributed by atoms with E-state index in [0.717, 1.165) is 0 Å². The van der Waals surface area contributed by atoms with Crippen LogP contribution in [0.4, 0.5) is 17.3 Å². The number of carbonyl (C=O) groups is 1. The summed E-state index contributed by atoms with van der Waals surface area (Å²) in [6.07, 6.45) is 3.05. The molecule has 0 aliphatic heterocycles. The van der Waals surface area contributed by atoms with Crippen molar-refractivity contribution in [3.8, 4) is 0 Å². The Morgan fingerprint density at radius 1 is 1.47 bits per heavy atom. The monoisotopic (exact) mass is 261 g/mol. The van der Waals surface area contributed by atoms with E-state index in [0.29, 0.717) is 0 Å². The third kappa shape index (κ3) is 2.51. The van der Waals surface area contributed by atoms with Crippen molar-refractivity contribution in [3.63, 3.8) is 0 Å². The lowest BCUT2D eigenvalue weighted by Crippen LogP contribution is -2.15. The molecule has 8 heteroatoms. The molecule has 0 aliphatic rings. The second kappa shape index (κ2) is 5.17. The molecule has 1 aromatic heterocycles. The highest BCUT2D eigenvalue weighted by Crippen LogP contribution is 2.28. The summed E-state index contributed by atoms with van der Waals surface area (Å²) >= 11 is 0. The van der Waals surface area contributed by atoms with E-state index in [1.54, 1.807) is 6.20 Å². The maximum atomic E-state index is 12.0. The number of rotatable bonds is 4. The van der Waals surface area contributed by atoms with E-state index >= 15 is 0 Å². The number of aromatic nitrogens is 2. The molecule has 0 aliphatic carbocycles. The van der Waals surface area contributed by atoms with Gasteiger partial charge in [-0.15, -0.1) is 0 Å². The van der Waals surface area contributed by atoms with Gasteiger partial charge < -0.3 is 10.3 Å². The van der Waals surface area contributed by atoms with Crippen molar-refractivity contribution in [2.75, 3.05) is 17.7 Å². The van der Waals surface area contributed by atoms with Crippen molar-refractivity contribution in [3.05, 3.63) is 46.3 Å². The first-order valence-corrected chi connectivity index (χ1v) is 5.39. The number of para-hydroxylation sites is 1. The average Bonchev–Trinajstić information content (AvgIpc) is 2.90. The number of carbonyl (C=O) groups excluding carboxylic acids is 1. The Hall–Kier alpha value is -2.90. The smallest absolute Gasteiger partial charge is 0.293 e. The van der Waals surface area contributed by atoms with E-state index in [2.05, 4.69) is 20.6 Å². The normalized spacial score (nSPS) is 9.95. The number of hydrogen-bond acceptors (Lipinski definition) is 5. The molecule has 0 atom stereocenters. The number of amides is 1. The summed E-state index contributed by atoms with van der Waals surface area (Å²) in [6.45, 7) is 0. The summed E-state index contributed by atoms with van der Waals surface area (Å²) in [4.78, 5) is 28.9. The summed E-state index contributed by atoms with van der Waals surface area (Å²) in [5, 5.41) is 16.1. The van der Waals surface area contributed by atoms with Crippen molar-refractivity contribution < 1.29 is 9.72 Å². The Bertz CT molecular complexity index is 609. The van der Waals surface area contributed by atoms with Gasteiger partial charge in [-0.2, -0.15) is 0 Å². The van der Waals surface area contributed by atoms with Gasteiger partial charge in [0.2, 0.25) is 5.95 Å². The van der Waals surface area contributed by atoms with Gasteiger partial charge in [0.1, 0.15) is 5.69 Å². The number of aromatic amines is 1. The van der Waals surface area contributed by atoms with Crippen LogP contribution in [-0.4, -0.2) is 27.8 Å². The molecule has 19 heavy (non-hydrogen) atoms. The molecule has 8 nitrogen and oxygen atoms in total. The molecule has 0 fully saturated rings. The standard InChI is InChI=1S/C11H11N5O3/c1-12-9-7(3-2-4-8(9)16(18)19)10(17)15-11-13-5-6-14-11/h2-6,12H,1H3,(H2,13,14,15,17). The molecule has 0 bridgehead atoms. The quantitative estimate of drug-likeness (QED) is 0.571. The molecule has 3 N–H and O–H groups in total. The van der Waals surface area contributed by atoms with Crippen LogP contribution in [0.1, 0.15) is 10.4 Å². The molecule has 2 rings (SSSR count). The van der Waals surface area contributed by atoms with Crippen molar-refractivity contribution in [1.82, 2.24) is 9.97 Å². The van der Waals surface area contributed by atoms with Crippen LogP contribution < -0.4 is 10.6 Å². The number of nitro benzene ring substituents is 1. The predicted octanol–water partition coefficient (Wildman–Crippen LogP) is 1.61. The first-order valence-electron chi connectivity index (χ1n) is 5.39. The van der Waals surface area contributed by atoms with Crippen molar-refractivity contribution in [2.24, 2.45) is 0 Å². The van der Waals surface area contributed by atoms with Gasteiger partial charge in [0.05, 0.1) is 10.5 Å². The molecule has 98 valence electrons. The SMILES string of the molecule is CNc1c(C(=O)Nc2ncc[nH]2)cccc1[N+](=O)[O-]. The van der Waals surface area contributed by atoms with E-state index in [4.69, 9.17) is 0 Å². The minimum Gasteiger partial charge on any atom is -0.382 e. The zero-order valence-electron chi connectivity index (χ0n) is 10.0. The fourth-order valence-corrected chi connectivity index (χ4v) is 1.65. The van der Waals surface area contributed by atoms with Gasteiger partial charge in [0.15, 0.2) is 0 Å². The first-order chi connectivity index (χ1) is 9.13. The van der Waals surface area contributed by atoms with Crippen LogP contribution in [0.15, 0.2) is 30.6 Å². The number of nitrogens with zero attached hydrogens (tertiary/aromatic N) is 2. The average molecular weight is 261 g/mol. The number of anilines is 2. The molecule has 0 radical (unpaired) electrons. The largest absolute Gasteiger partial charge is 0.382 e. The zero-order valence-corrected chi connectivity index (χ0v) is 10.0. The molecule has 1 amide bonds. The first kappa shape index (κ1) is 12.6. The molecule has 0 saturated carbocycles. The number of hydrogen-bond donors (Lipinski definition) is 3. The molecule has 2 aromatic rings. The number of H-pyrrole nitrogens is 1. The molecule has 0 saturated heterocycles. The summed E-state index contributed by atoms with van der Waals surface area (Å²) in [5.41, 5.74) is 0.180. The van der Waals surface area contributed by atoms with Gasteiger partial charge in [0, 0.05) is 25.5 Å². The van der Waals surface area contributed by atoms with E-state index < -0.39 is 10.8 Å². The Labute approximate surface area is 108 Å². The fraction of sp³-hybridized carbons (Fsp3) is 0.0909. The highest BCUT2D eigenvalue weighted by atomic mass is 16.6. The Morgan fingerprint density at radius 2 is 2.26 bits per heavy atom. The lowest BCUT2D eigenvalue weighted by molar-refractivity contribution is -0.384. The van der Waals surface area contributed by atoms with Crippen molar-refractivity contribution >= 4 is 23.2 Å².